The number of para-hydroxylation sites is 1. The first kappa shape index (κ1) is 14.9. The van der Waals surface area contributed by atoms with Gasteiger partial charge in [-0.05, 0) is 55.3 Å². The minimum Gasteiger partial charge on any atom is -0.384 e. The molecule has 2 aliphatic rings. The summed E-state index contributed by atoms with van der Waals surface area (Å²) in [6, 6.07) is 8.79. The van der Waals surface area contributed by atoms with E-state index in [0.29, 0.717) is 5.41 Å². The van der Waals surface area contributed by atoms with Gasteiger partial charge in [-0.15, -0.1) is 0 Å². The monoisotopic (exact) mass is 286 g/mol. The Kier molecular flexibility index (Phi) is 4.54. The summed E-state index contributed by atoms with van der Waals surface area (Å²) in [4.78, 5) is 2.71. The summed E-state index contributed by atoms with van der Waals surface area (Å²) < 4.78 is 0. The molecular weight excluding hydrogens is 256 g/mol. The zero-order valence-corrected chi connectivity index (χ0v) is 13.7. The highest BCUT2D eigenvalue weighted by Crippen LogP contribution is 2.38. The molecule has 1 aromatic carbocycles. The van der Waals surface area contributed by atoms with Crippen LogP contribution in [0.3, 0.4) is 0 Å². The van der Waals surface area contributed by atoms with Crippen LogP contribution in [-0.2, 0) is 6.42 Å². The lowest BCUT2D eigenvalue weighted by atomic mass is 9.74. The number of fused-ring (bicyclic) bond motifs is 1. The SMILES string of the molecule is CCC1(CC)CCN(CC2CNc3ccccc3C2)CC1. The maximum atomic E-state index is 3.61. The molecule has 0 aliphatic carbocycles. The van der Waals surface area contributed by atoms with Gasteiger partial charge in [0.25, 0.3) is 0 Å². The first-order chi connectivity index (χ1) is 10.2. The number of benzene rings is 1. The lowest BCUT2D eigenvalue weighted by Crippen LogP contribution is -2.43. The number of piperidine rings is 1. The maximum absolute atomic E-state index is 3.61. The molecule has 2 heterocycles. The van der Waals surface area contributed by atoms with E-state index in [0.717, 1.165) is 12.5 Å². The second kappa shape index (κ2) is 6.39. The summed E-state index contributed by atoms with van der Waals surface area (Å²) in [5, 5.41) is 3.61. The molecule has 2 aliphatic heterocycles. The Morgan fingerprint density at radius 3 is 2.57 bits per heavy atom. The Morgan fingerprint density at radius 2 is 1.86 bits per heavy atom. The molecule has 1 aromatic rings. The summed E-state index contributed by atoms with van der Waals surface area (Å²) in [5.74, 6) is 0.774. The van der Waals surface area contributed by atoms with Crippen molar-refractivity contribution in [1.29, 1.82) is 0 Å². The highest BCUT2D eigenvalue weighted by atomic mass is 15.1. The number of nitrogens with zero attached hydrogens (tertiary/aromatic N) is 1. The maximum Gasteiger partial charge on any atom is 0.0372 e. The fraction of sp³-hybridized carbons (Fsp3) is 0.684. The summed E-state index contributed by atoms with van der Waals surface area (Å²) in [5.41, 5.74) is 3.50. The van der Waals surface area contributed by atoms with Crippen molar-refractivity contribution in [2.24, 2.45) is 11.3 Å². The minimum atomic E-state index is 0.647. The number of hydrogen-bond donors (Lipinski definition) is 1. The molecular formula is C19H30N2. The number of anilines is 1. The fourth-order valence-electron chi connectivity index (χ4n) is 4.17. The van der Waals surface area contributed by atoms with Gasteiger partial charge in [0, 0.05) is 18.8 Å². The van der Waals surface area contributed by atoms with Crippen LogP contribution in [0.5, 0.6) is 0 Å². The zero-order chi connectivity index (χ0) is 14.7. The van der Waals surface area contributed by atoms with Crippen molar-refractivity contribution in [3.05, 3.63) is 29.8 Å². The molecule has 1 unspecified atom stereocenters. The predicted molar refractivity (Wildman–Crippen MR) is 90.8 cm³/mol. The van der Waals surface area contributed by atoms with Gasteiger partial charge in [-0.25, -0.2) is 0 Å². The second-order valence-electron chi connectivity index (χ2n) is 7.12. The van der Waals surface area contributed by atoms with Gasteiger partial charge in [0.2, 0.25) is 0 Å². The first-order valence-electron chi connectivity index (χ1n) is 8.79. The molecule has 1 atom stereocenters. The van der Waals surface area contributed by atoms with Crippen LogP contribution in [0.25, 0.3) is 0 Å². The van der Waals surface area contributed by atoms with E-state index in [1.54, 1.807) is 0 Å². The van der Waals surface area contributed by atoms with Crippen molar-refractivity contribution in [1.82, 2.24) is 4.90 Å². The van der Waals surface area contributed by atoms with Gasteiger partial charge < -0.3 is 10.2 Å². The Morgan fingerprint density at radius 1 is 1.14 bits per heavy atom. The van der Waals surface area contributed by atoms with Crippen molar-refractivity contribution in [3.8, 4) is 0 Å². The highest BCUT2D eigenvalue weighted by molar-refractivity contribution is 5.53. The lowest BCUT2D eigenvalue weighted by Gasteiger charge is -2.42. The first-order valence-corrected chi connectivity index (χ1v) is 8.79. The van der Waals surface area contributed by atoms with Gasteiger partial charge in [-0.3, -0.25) is 0 Å². The normalized spacial score (nSPS) is 25.1. The van der Waals surface area contributed by atoms with Gasteiger partial charge in [0.15, 0.2) is 0 Å². The van der Waals surface area contributed by atoms with E-state index < -0.39 is 0 Å². The molecule has 0 amide bonds. The summed E-state index contributed by atoms with van der Waals surface area (Å²) in [6.07, 6.45) is 6.76. The van der Waals surface area contributed by atoms with Crippen LogP contribution in [0.2, 0.25) is 0 Å². The number of rotatable bonds is 4. The average molecular weight is 286 g/mol. The summed E-state index contributed by atoms with van der Waals surface area (Å²) >= 11 is 0. The van der Waals surface area contributed by atoms with Crippen LogP contribution in [0.1, 0.15) is 45.1 Å². The van der Waals surface area contributed by atoms with Crippen molar-refractivity contribution in [3.63, 3.8) is 0 Å². The summed E-state index contributed by atoms with van der Waals surface area (Å²) in [6.45, 7) is 9.77. The third-order valence-corrected chi connectivity index (χ3v) is 6.04. The van der Waals surface area contributed by atoms with E-state index in [4.69, 9.17) is 0 Å². The molecule has 1 saturated heterocycles. The molecule has 3 rings (SSSR count). The van der Waals surface area contributed by atoms with Crippen molar-refractivity contribution in [2.75, 3.05) is 31.5 Å². The van der Waals surface area contributed by atoms with Gasteiger partial charge in [0.05, 0.1) is 0 Å². The second-order valence-corrected chi connectivity index (χ2v) is 7.12. The Labute approximate surface area is 129 Å². The van der Waals surface area contributed by atoms with Crippen LogP contribution in [0, 0.1) is 11.3 Å². The largest absolute Gasteiger partial charge is 0.384 e. The van der Waals surface area contributed by atoms with Gasteiger partial charge in [-0.1, -0.05) is 44.9 Å². The number of hydrogen-bond acceptors (Lipinski definition) is 2. The van der Waals surface area contributed by atoms with E-state index >= 15 is 0 Å². The summed E-state index contributed by atoms with van der Waals surface area (Å²) in [7, 11) is 0. The third-order valence-electron chi connectivity index (χ3n) is 6.04. The van der Waals surface area contributed by atoms with E-state index in [-0.39, 0.29) is 0 Å². The molecule has 0 radical (unpaired) electrons. The quantitative estimate of drug-likeness (QED) is 0.893. The van der Waals surface area contributed by atoms with Crippen LogP contribution in [0.4, 0.5) is 5.69 Å². The molecule has 0 aromatic heterocycles. The number of likely N-dealkylation sites (tertiary alicyclic amines) is 1. The van der Waals surface area contributed by atoms with Gasteiger partial charge >= 0.3 is 0 Å². The molecule has 0 spiro atoms. The van der Waals surface area contributed by atoms with Crippen molar-refractivity contribution < 1.29 is 0 Å². The Bertz CT molecular complexity index is 454. The third kappa shape index (κ3) is 3.26. The average Bonchev–Trinajstić information content (AvgIpc) is 2.56. The van der Waals surface area contributed by atoms with E-state index in [1.807, 2.05) is 0 Å². The molecule has 21 heavy (non-hydrogen) atoms. The molecule has 116 valence electrons. The Balaban J connectivity index is 1.53. The molecule has 1 N–H and O–H groups in total. The smallest absolute Gasteiger partial charge is 0.0372 e. The molecule has 0 bridgehead atoms. The van der Waals surface area contributed by atoms with E-state index in [1.165, 1.54) is 63.0 Å². The predicted octanol–water partition coefficient (Wildman–Crippen LogP) is 4.17. The standard InChI is InChI=1S/C19H30N2/c1-3-19(4-2)9-11-21(12-10-19)15-16-13-17-7-5-6-8-18(17)20-14-16/h5-8,16,20H,3-4,9-15H2,1-2H3. The van der Waals surface area contributed by atoms with E-state index in [2.05, 4.69) is 48.3 Å². The number of nitrogens with one attached hydrogen (secondary N) is 1. The van der Waals surface area contributed by atoms with Crippen molar-refractivity contribution >= 4 is 5.69 Å². The van der Waals surface area contributed by atoms with Crippen LogP contribution in [-0.4, -0.2) is 31.1 Å². The van der Waals surface area contributed by atoms with E-state index in [9.17, 15) is 0 Å². The molecule has 2 nitrogen and oxygen atoms in total. The van der Waals surface area contributed by atoms with Crippen LogP contribution < -0.4 is 5.32 Å². The Hall–Kier alpha value is -1.02. The van der Waals surface area contributed by atoms with Gasteiger partial charge in [0.1, 0.15) is 0 Å². The lowest BCUT2D eigenvalue weighted by molar-refractivity contribution is 0.0852. The molecule has 2 heteroatoms. The topological polar surface area (TPSA) is 15.3 Å². The highest BCUT2D eigenvalue weighted by Gasteiger charge is 2.32. The fourth-order valence-corrected chi connectivity index (χ4v) is 4.17. The van der Waals surface area contributed by atoms with Crippen molar-refractivity contribution in [2.45, 2.75) is 46.0 Å². The zero-order valence-electron chi connectivity index (χ0n) is 13.7. The van der Waals surface area contributed by atoms with Gasteiger partial charge in [-0.2, -0.15) is 0 Å². The van der Waals surface area contributed by atoms with Crippen LogP contribution >= 0.6 is 0 Å². The molecule has 0 saturated carbocycles. The minimum absolute atomic E-state index is 0.647. The van der Waals surface area contributed by atoms with Crippen LogP contribution in [0.15, 0.2) is 24.3 Å². The molecule has 1 fully saturated rings.